The molecule has 9 heteroatoms. The number of hydrogen-bond donors (Lipinski definition) is 1. The lowest BCUT2D eigenvalue weighted by atomic mass is 10.2. The summed E-state index contributed by atoms with van der Waals surface area (Å²) in [4.78, 5) is 40.2. The third kappa shape index (κ3) is 3.87. The first-order valence-electron chi connectivity index (χ1n) is 8.59. The van der Waals surface area contributed by atoms with Gasteiger partial charge in [-0.3, -0.25) is 14.4 Å². The Kier molecular flexibility index (Phi) is 5.58. The molecule has 146 valence electrons. The predicted molar refractivity (Wildman–Crippen MR) is 105 cm³/mol. The highest BCUT2D eigenvalue weighted by Gasteiger charge is 2.53. The van der Waals surface area contributed by atoms with E-state index in [0.29, 0.717) is 28.6 Å². The third-order valence-corrected chi connectivity index (χ3v) is 6.66. The quantitative estimate of drug-likeness (QED) is 0.803. The van der Waals surface area contributed by atoms with Crippen molar-refractivity contribution in [2.75, 3.05) is 31.8 Å². The van der Waals surface area contributed by atoms with Crippen LogP contribution in [0, 0.1) is 0 Å². The van der Waals surface area contributed by atoms with Gasteiger partial charge in [0.1, 0.15) is 11.8 Å². The molecule has 0 saturated carbocycles. The van der Waals surface area contributed by atoms with E-state index < -0.39 is 6.04 Å². The molecule has 1 N–H and O–H groups in total. The number of benzene rings is 1. The van der Waals surface area contributed by atoms with Crippen LogP contribution in [0.4, 0.5) is 5.69 Å². The lowest BCUT2D eigenvalue weighted by molar-refractivity contribution is -0.143. The fraction of sp³-hybridized carbons (Fsp3) is 0.500. The second kappa shape index (κ2) is 7.59. The fourth-order valence-electron chi connectivity index (χ4n) is 3.52. The van der Waals surface area contributed by atoms with Crippen LogP contribution in [-0.4, -0.2) is 64.9 Å². The van der Waals surface area contributed by atoms with Gasteiger partial charge in [0, 0.05) is 24.2 Å². The monoisotopic (exact) mass is 411 g/mol. The number of amides is 3. The van der Waals surface area contributed by atoms with E-state index in [9.17, 15) is 14.4 Å². The lowest BCUT2D eigenvalue weighted by Gasteiger charge is -2.31. The number of rotatable bonds is 5. The SMILES string of the molecule is COc1ccc(Cl)cc1NC(=O)CN(C)C(=O)C1CSC2(C)CCC(=O)N12. The maximum atomic E-state index is 12.8. The Hall–Kier alpha value is -1.93. The average Bonchev–Trinajstić information content (AvgIpc) is 3.10. The van der Waals surface area contributed by atoms with E-state index in [4.69, 9.17) is 16.3 Å². The summed E-state index contributed by atoms with van der Waals surface area (Å²) in [5.74, 6) is 0.437. The van der Waals surface area contributed by atoms with Gasteiger partial charge in [0.15, 0.2) is 0 Å². The van der Waals surface area contributed by atoms with E-state index in [1.165, 1.54) is 12.0 Å². The molecule has 2 heterocycles. The van der Waals surface area contributed by atoms with Crippen LogP contribution in [0.1, 0.15) is 19.8 Å². The number of likely N-dealkylation sites (N-methyl/N-ethyl adjacent to an activating group) is 1. The lowest BCUT2D eigenvalue weighted by Crippen LogP contribution is -2.51. The van der Waals surface area contributed by atoms with Crippen molar-refractivity contribution in [2.24, 2.45) is 0 Å². The first-order chi connectivity index (χ1) is 12.7. The Morgan fingerprint density at radius 3 is 2.93 bits per heavy atom. The molecule has 3 amide bonds. The Morgan fingerprint density at radius 1 is 1.48 bits per heavy atom. The Balaban J connectivity index is 1.64. The van der Waals surface area contributed by atoms with Crippen molar-refractivity contribution < 1.29 is 19.1 Å². The van der Waals surface area contributed by atoms with Crippen molar-refractivity contribution >= 4 is 46.8 Å². The zero-order valence-corrected chi connectivity index (χ0v) is 17.0. The van der Waals surface area contributed by atoms with Crippen molar-refractivity contribution in [3.05, 3.63) is 23.2 Å². The smallest absolute Gasteiger partial charge is 0.246 e. The van der Waals surface area contributed by atoms with Crippen molar-refractivity contribution in [1.82, 2.24) is 9.80 Å². The number of carbonyl (C=O) groups excluding carboxylic acids is 3. The first kappa shape index (κ1) is 19.8. The zero-order chi connectivity index (χ0) is 19.8. The molecule has 2 saturated heterocycles. The summed E-state index contributed by atoms with van der Waals surface area (Å²) < 4.78 is 5.20. The van der Waals surface area contributed by atoms with E-state index in [0.717, 1.165) is 6.42 Å². The van der Waals surface area contributed by atoms with Gasteiger partial charge in [-0.15, -0.1) is 11.8 Å². The van der Waals surface area contributed by atoms with Gasteiger partial charge in [-0.1, -0.05) is 11.6 Å². The summed E-state index contributed by atoms with van der Waals surface area (Å²) in [6.45, 7) is 1.86. The normalized spacial score (nSPS) is 23.9. The van der Waals surface area contributed by atoms with Gasteiger partial charge in [-0.25, -0.2) is 0 Å². The van der Waals surface area contributed by atoms with Gasteiger partial charge in [-0.2, -0.15) is 0 Å². The topological polar surface area (TPSA) is 79.0 Å². The second-order valence-corrected chi connectivity index (χ2v) is 8.79. The fourth-order valence-corrected chi connectivity index (χ4v) is 5.11. The average molecular weight is 412 g/mol. The summed E-state index contributed by atoms with van der Waals surface area (Å²) in [6, 6.07) is 4.38. The largest absolute Gasteiger partial charge is 0.495 e. The molecule has 7 nitrogen and oxygen atoms in total. The van der Waals surface area contributed by atoms with Gasteiger partial charge in [0.05, 0.1) is 24.2 Å². The van der Waals surface area contributed by atoms with Crippen LogP contribution in [0.5, 0.6) is 5.75 Å². The molecule has 1 aromatic rings. The standard InChI is InChI=1S/C18H22ClN3O4S/c1-18-7-6-16(24)22(18)13(10-27-18)17(25)21(2)9-15(23)20-12-8-11(19)4-5-14(12)26-3/h4-5,8,13H,6-7,9-10H2,1-3H3,(H,20,23). The van der Waals surface area contributed by atoms with E-state index in [1.54, 1.807) is 41.9 Å². The molecule has 2 aliphatic heterocycles. The third-order valence-electron chi connectivity index (χ3n) is 4.92. The number of nitrogens with zero attached hydrogens (tertiary/aromatic N) is 2. The first-order valence-corrected chi connectivity index (χ1v) is 9.96. The molecule has 0 aliphatic carbocycles. The van der Waals surface area contributed by atoms with Crippen LogP contribution in [0.2, 0.25) is 5.02 Å². The number of nitrogens with one attached hydrogen (secondary N) is 1. The molecule has 2 atom stereocenters. The van der Waals surface area contributed by atoms with Crippen LogP contribution >= 0.6 is 23.4 Å². The molecular weight excluding hydrogens is 390 g/mol. The van der Waals surface area contributed by atoms with Gasteiger partial charge < -0.3 is 19.9 Å². The van der Waals surface area contributed by atoms with E-state index in [-0.39, 0.29) is 29.1 Å². The highest BCUT2D eigenvalue weighted by molar-refractivity contribution is 8.01. The predicted octanol–water partition coefficient (Wildman–Crippen LogP) is 2.20. The molecule has 2 unspecified atom stereocenters. The summed E-state index contributed by atoms with van der Waals surface area (Å²) in [5.41, 5.74) is 0.439. The van der Waals surface area contributed by atoms with Crippen LogP contribution in [-0.2, 0) is 14.4 Å². The minimum atomic E-state index is -0.520. The highest BCUT2D eigenvalue weighted by atomic mass is 35.5. The summed E-state index contributed by atoms with van der Waals surface area (Å²) >= 11 is 7.59. The van der Waals surface area contributed by atoms with Gasteiger partial charge in [0.25, 0.3) is 0 Å². The molecule has 1 aromatic carbocycles. The number of anilines is 1. The molecule has 27 heavy (non-hydrogen) atoms. The molecule has 0 bridgehead atoms. The zero-order valence-electron chi connectivity index (χ0n) is 15.5. The summed E-state index contributed by atoms with van der Waals surface area (Å²) in [6.07, 6.45) is 1.21. The number of hydrogen-bond acceptors (Lipinski definition) is 5. The van der Waals surface area contributed by atoms with Crippen LogP contribution < -0.4 is 10.1 Å². The maximum absolute atomic E-state index is 12.8. The van der Waals surface area contributed by atoms with Crippen molar-refractivity contribution in [3.63, 3.8) is 0 Å². The molecule has 3 rings (SSSR count). The van der Waals surface area contributed by atoms with Gasteiger partial charge in [0.2, 0.25) is 17.7 Å². The van der Waals surface area contributed by atoms with Gasteiger partial charge >= 0.3 is 0 Å². The van der Waals surface area contributed by atoms with E-state index in [1.807, 2.05) is 6.92 Å². The van der Waals surface area contributed by atoms with Crippen molar-refractivity contribution in [2.45, 2.75) is 30.7 Å². The number of halogens is 1. The van der Waals surface area contributed by atoms with E-state index in [2.05, 4.69) is 5.32 Å². The second-order valence-electron chi connectivity index (χ2n) is 6.85. The minimum Gasteiger partial charge on any atom is -0.495 e. The Bertz CT molecular complexity index is 790. The van der Waals surface area contributed by atoms with Crippen LogP contribution in [0.3, 0.4) is 0 Å². The molecule has 2 fully saturated rings. The molecular formula is C18H22ClN3O4S. The molecule has 2 aliphatic rings. The Morgan fingerprint density at radius 2 is 2.22 bits per heavy atom. The molecule has 0 aromatic heterocycles. The van der Waals surface area contributed by atoms with Gasteiger partial charge in [-0.05, 0) is 31.5 Å². The van der Waals surface area contributed by atoms with Crippen molar-refractivity contribution in [3.8, 4) is 5.75 Å². The molecule has 0 spiro atoms. The minimum absolute atomic E-state index is 0.00219. The van der Waals surface area contributed by atoms with Crippen LogP contribution in [0.15, 0.2) is 18.2 Å². The number of methoxy groups -OCH3 is 1. The molecule has 0 radical (unpaired) electrons. The number of thioether (sulfide) groups is 1. The number of fused-ring (bicyclic) bond motifs is 1. The van der Waals surface area contributed by atoms with Crippen molar-refractivity contribution in [1.29, 1.82) is 0 Å². The summed E-state index contributed by atoms with van der Waals surface area (Å²) in [5, 5.41) is 3.18. The summed E-state index contributed by atoms with van der Waals surface area (Å²) in [7, 11) is 3.06. The maximum Gasteiger partial charge on any atom is 0.246 e. The number of carbonyl (C=O) groups is 3. The number of ether oxygens (including phenoxy) is 1. The van der Waals surface area contributed by atoms with Crippen LogP contribution in [0.25, 0.3) is 0 Å². The van der Waals surface area contributed by atoms with E-state index >= 15 is 0 Å². The highest BCUT2D eigenvalue weighted by Crippen LogP contribution is 2.47. The Labute approximate surface area is 167 Å².